The van der Waals surface area contributed by atoms with E-state index < -0.39 is 23.8 Å². The number of carbonyl (C=O) groups is 2. The first kappa shape index (κ1) is 11.4. The van der Waals surface area contributed by atoms with Crippen LogP contribution in [-0.4, -0.2) is 30.8 Å². The van der Waals surface area contributed by atoms with E-state index in [2.05, 4.69) is 0 Å². The Balaban J connectivity index is 2.26. The van der Waals surface area contributed by atoms with Gasteiger partial charge in [-0.2, -0.15) is 0 Å². The van der Waals surface area contributed by atoms with Crippen LogP contribution < -0.4 is 4.74 Å². The molecule has 0 aliphatic carbocycles. The summed E-state index contributed by atoms with van der Waals surface area (Å²) < 4.78 is 9.81. The number of hydrogen-bond acceptors (Lipinski definition) is 4. The third kappa shape index (κ3) is 2.08. The van der Waals surface area contributed by atoms with Gasteiger partial charge in [-0.05, 0) is 17.7 Å². The van der Waals surface area contributed by atoms with Crippen LogP contribution in [-0.2, 0) is 14.3 Å². The number of aliphatic carboxylic acids is 1. The number of cyclic esters (lactones) is 1. The van der Waals surface area contributed by atoms with E-state index in [4.69, 9.17) is 14.6 Å². The number of carboxylic acids is 1. The highest BCUT2D eigenvalue weighted by Gasteiger charge is 2.43. The summed E-state index contributed by atoms with van der Waals surface area (Å²) in [6.45, 7) is 0.113. The van der Waals surface area contributed by atoms with Crippen molar-refractivity contribution in [2.75, 3.05) is 13.7 Å². The molecule has 2 rings (SSSR count). The minimum Gasteiger partial charge on any atom is -0.497 e. The summed E-state index contributed by atoms with van der Waals surface area (Å²) in [4.78, 5) is 22.3. The van der Waals surface area contributed by atoms with E-state index in [0.717, 1.165) is 5.56 Å². The lowest BCUT2D eigenvalue weighted by Gasteiger charge is -2.12. The van der Waals surface area contributed by atoms with Crippen molar-refractivity contribution in [3.8, 4) is 5.75 Å². The zero-order valence-electron chi connectivity index (χ0n) is 9.25. The summed E-state index contributed by atoms with van der Waals surface area (Å²) in [5.74, 6) is -2.66. The van der Waals surface area contributed by atoms with Gasteiger partial charge in [-0.3, -0.25) is 9.59 Å². The fraction of sp³-hybridized carbons (Fsp3) is 0.333. The first-order valence-corrected chi connectivity index (χ1v) is 5.17. The number of hydrogen-bond donors (Lipinski definition) is 1. The second kappa shape index (κ2) is 4.45. The predicted octanol–water partition coefficient (Wildman–Crippen LogP) is 1.04. The smallest absolute Gasteiger partial charge is 0.321 e. The molecule has 0 aromatic heterocycles. The third-order valence-corrected chi connectivity index (χ3v) is 2.87. The van der Waals surface area contributed by atoms with E-state index in [1.807, 2.05) is 0 Å². The van der Waals surface area contributed by atoms with Crippen LogP contribution in [0.5, 0.6) is 5.75 Å². The molecule has 1 heterocycles. The third-order valence-electron chi connectivity index (χ3n) is 2.87. The molecule has 1 aromatic rings. The van der Waals surface area contributed by atoms with Gasteiger partial charge in [0, 0.05) is 5.92 Å². The van der Waals surface area contributed by atoms with Crippen molar-refractivity contribution in [2.24, 2.45) is 5.92 Å². The summed E-state index contributed by atoms with van der Waals surface area (Å²) in [6.07, 6.45) is 0. The maximum atomic E-state index is 11.3. The molecule has 5 nitrogen and oxygen atoms in total. The molecule has 0 saturated carbocycles. The topological polar surface area (TPSA) is 72.8 Å². The first-order chi connectivity index (χ1) is 8.13. The van der Waals surface area contributed by atoms with Gasteiger partial charge in [0.2, 0.25) is 0 Å². The van der Waals surface area contributed by atoms with Crippen LogP contribution in [0.3, 0.4) is 0 Å². The standard InChI is InChI=1S/C12H12O5/c1-16-8-4-2-7(3-5-8)9-6-17-12(15)10(9)11(13)14/h2-5,9-10H,6H2,1H3,(H,13,14)/t9-,10-/m1/s1. The molecule has 1 fully saturated rings. The largest absolute Gasteiger partial charge is 0.497 e. The quantitative estimate of drug-likeness (QED) is 0.627. The van der Waals surface area contributed by atoms with Crippen LogP contribution in [0.15, 0.2) is 24.3 Å². The molecule has 0 bridgehead atoms. The minimum absolute atomic E-state index is 0.113. The van der Waals surface area contributed by atoms with E-state index in [0.29, 0.717) is 5.75 Å². The monoisotopic (exact) mass is 236 g/mol. The maximum Gasteiger partial charge on any atom is 0.321 e. The fourth-order valence-electron chi connectivity index (χ4n) is 1.93. The van der Waals surface area contributed by atoms with Crippen molar-refractivity contribution < 1.29 is 24.2 Å². The van der Waals surface area contributed by atoms with Crippen LogP contribution in [0.2, 0.25) is 0 Å². The van der Waals surface area contributed by atoms with Gasteiger partial charge in [0.05, 0.1) is 13.7 Å². The van der Waals surface area contributed by atoms with Gasteiger partial charge in [0.1, 0.15) is 5.75 Å². The predicted molar refractivity (Wildman–Crippen MR) is 57.8 cm³/mol. The maximum absolute atomic E-state index is 11.3. The Bertz CT molecular complexity index is 437. The molecule has 0 unspecified atom stereocenters. The number of methoxy groups -OCH3 is 1. The number of ether oxygens (including phenoxy) is 2. The summed E-state index contributed by atoms with van der Waals surface area (Å²) in [7, 11) is 1.55. The number of carbonyl (C=O) groups excluding carboxylic acids is 1. The molecule has 0 radical (unpaired) electrons. The molecule has 0 spiro atoms. The van der Waals surface area contributed by atoms with E-state index in [1.165, 1.54) is 0 Å². The van der Waals surface area contributed by atoms with Gasteiger partial charge in [0.25, 0.3) is 0 Å². The Morgan fingerprint density at radius 2 is 2.06 bits per heavy atom. The Hall–Kier alpha value is -2.04. The highest BCUT2D eigenvalue weighted by molar-refractivity contribution is 5.96. The molecule has 17 heavy (non-hydrogen) atoms. The summed E-state index contributed by atoms with van der Waals surface area (Å²) in [5.41, 5.74) is 0.768. The van der Waals surface area contributed by atoms with Crippen molar-refractivity contribution in [1.82, 2.24) is 0 Å². The minimum atomic E-state index is -1.15. The van der Waals surface area contributed by atoms with Gasteiger partial charge < -0.3 is 14.6 Å². The average molecular weight is 236 g/mol. The number of rotatable bonds is 3. The number of benzene rings is 1. The van der Waals surface area contributed by atoms with Crippen LogP contribution in [0.25, 0.3) is 0 Å². The van der Waals surface area contributed by atoms with Crippen molar-refractivity contribution in [1.29, 1.82) is 0 Å². The molecule has 2 atom stereocenters. The van der Waals surface area contributed by atoms with Crippen LogP contribution in [0.4, 0.5) is 0 Å². The Morgan fingerprint density at radius 1 is 1.41 bits per heavy atom. The molecule has 1 aliphatic heterocycles. The lowest BCUT2D eigenvalue weighted by Crippen LogP contribution is -2.24. The van der Waals surface area contributed by atoms with Crippen molar-refractivity contribution in [3.05, 3.63) is 29.8 Å². The van der Waals surface area contributed by atoms with E-state index in [1.54, 1.807) is 31.4 Å². The SMILES string of the molecule is COc1ccc([C@H]2COC(=O)[C@H]2C(=O)O)cc1. The van der Waals surface area contributed by atoms with Crippen LogP contribution in [0.1, 0.15) is 11.5 Å². The van der Waals surface area contributed by atoms with E-state index in [9.17, 15) is 9.59 Å². The van der Waals surface area contributed by atoms with E-state index in [-0.39, 0.29) is 6.61 Å². The van der Waals surface area contributed by atoms with Gasteiger partial charge in [-0.25, -0.2) is 0 Å². The second-order valence-electron chi connectivity index (χ2n) is 3.83. The molecule has 0 amide bonds. The fourth-order valence-corrected chi connectivity index (χ4v) is 1.93. The molecule has 1 N–H and O–H groups in total. The first-order valence-electron chi connectivity index (χ1n) is 5.17. The molecular formula is C12H12O5. The van der Waals surface area contributed by atoms with Crippen molar-refractivity contribution in [3.63, 3.8) is 0 Å². The molecule has 90 valence electrons. The van der Waals surface area contributed by atoms with Crippen molar-refractivity contribution >= 4 is 11.9 Å². The zero-order chi connectivity index (χ0) is 12.4. The Kier molecular flexibility index (Phi) is 2.99. The lowest BCUT2D eigenvalue weighted by molar-refractivity contribution is -0.152. The summed E-state index contributed by atoms with van der Waals surface area (Å²) >= 11 is 0. The molecular weight excluding hydrogens is 224 g/mol. The van der Waals surface area contributed by atoms with Gasteiger partial charge >= 0.3 is 11.9 Å². The second-order valence-corrected chi connectivity index (χ2v) is 3.83. The van der Waals surface area contributed by atoms with Crippen LogP contribution >= 0.6 is 0 Å². The number of esters is 1. The van der Waals surface area contributed by atoms with Crippen LogP contribution in [0, 0.1) is 5.92 Å². The van der Waals surface area contributed by atoms with Gasteiger partial charge in [-0.1, -0.05) is 12.1 Å². The molecule has 5 heteroatoms. The Labute approximate surface area is 98.0 Å². The van der Waals surface area contributed by atoms with E-state index >= 15 is 0 Å². The molecule has 1 saturated heterocycles. The molecule has 1 aliphatic rings. The summed E-state index contributed by atoms with van der Waals surface area (Å²) in [6, 6.07) is 6.97. The molecule has 1 aromatic carbocycles. The summed E-state index contributed by atoms with van der Waals surface area (Å²) in [5, 5.41) is 8.99. The Morgan fingerprint density at radius 3 is 2.59 bits per heavy atom. The zero-order valence-corrected chi connectivity index (χ0v) is 9.25. The average Bonchev–Trinajstić information content (AvgIpc) is 2.71. The highest BCUT2D eigenvalue weighted by atomic mass is 16.5. The van der Waals surface area contributed by atoms with Crippen molar-refractivity contribution in [2.45, 2.75) is 5.92 Å². The van der Waals surface area contributed by atoms with Gasteiger partial charge in [-0.15, -0.1) is 0 Å². The number of carboxylic acid groups (broad SMARTS) is 1. The highest BCUT2D eigenvalue weighted by Crippen LogP contribution is 2.32. The lowest BCUT2D eigenvalue weighted by atomic mass is 9.88. The van der Waals surface area contributed by atoms with Gasteiger partial charge in [0.15, 0.2) is 5.92 Å². The normalized spacial score (nSPS) is 23.2.